The number of nitrogens with zero attached hydrogens (tertiary/aromatic N) is 2. The van der Waals surface area contributed by atoms with Gasteiger partial charge in [-0.15, -0.1) is 0 Å². The molecule has 2 aromatic carbocycles. The smallest absolute Gasteiger partial charge is 0.268 e. The third-order valence-electron chi connectivity index (χ3n) is 5.31. The maximum absolute atomic E-state index is 13.0. The molecule has 0 aliphatic heterocycles. The topological polar surface area (TPSA) is 65.3 Å². The third kappa shape index (κ3) is 3.16. The predicted octanol–water partition coefficient (Wildman–Crippen LogP) is 3.45. The first-order chi connectivity index (χ1) is 14.0. The van der Waals surface area contributed by atoms with Crippen molar-refractivity contribution in [3.63, 3.8) is 0 Å². The van der Waals surface area contributed by atoms with Crippen molar-refractivity contribution in [3.8, 4) is 5.75 Å². The van der Waals surface area contributed by atoms with Crippen LogP contribution < -0.4 is 15.6 Å². The molecule has 1 amide bonds. The van der Waals surface area contributed by atoms with Crippen LogP contribution in [0.15, 0.2) is 59.4 Å². The molecule has 1 N–H and O–H groups in total. The molecule has 0 atom stereocenters. The van der Waals surface area contributed by atoms with E-state index in [4.69, 9.17) is 4.74 Å². The van der Waals surface area contributed by atoms with E-state index < -0.39 is 0 Å². The Kier molecular flexibility index (Phi) is 4.84. The highest BCUT2D eigenvalue weighted by atomic mass is 16.5. The largest absolute Gasteiger partial charge is 0.497 e. The third-order valence-corrected chi connectivity index (χ3v) is 5.31. The average molecular weight is 389 g/mol. The number of fused-ring (bicyclic) bond motifs is 3. The summed E-state index contributed by atoms with van der Waals surface area (Å²) < 4.78 is 8.72. The number of rotatable bonds is 5. The number of carbonyl (C=O) groups is 1. The molecule has 4 rings (SSSR count). The number of methoxy groups -OCH3 is 1. The summed E-state index contributed by atoms with van der Waals surface area (Å²) >= 11 is 0. The first-order valence-electron chi connectivity index (χ1n) is 9.57. The van der Waals surface area contributed by atoms with Gasteiger partial charge in [-0.1, -0.05) is 30.3 Å². The molecule has 6 heteroatoms. The number of hydrogen-bond acceptors (Lipinski definition) is 3. The molecule has 2 heterocycles. The van der Waals surface area contributed by atoms with Crippen molar-refractivity contribution >= 4 is 27.7 Å². The van der Waals surface area contributed by atoms with E-state index >= 15 is 0 Å². The Labute approximate surface area is 168 Å². The van der Waals surface area contributed by atoms with E-state index in [1.54, 1.807) is 24.8 Å². The molecule has 29 heavy (non-hydrogen) atoms. The number of aromatic nitrogens is 2. The van der Waals surface area contributed by atoms with Crippen molar-refractivity contribution in [1.29, 1.82) is 0 Å². The van der Waals surface area contributed by atoms with Crippen LogP contribution in [-0.4, -0.2) is 22.2 Å². The second-order valence-corrected chi connectivity index (χ2v) is 6.95. The van der Waals surface area contributed by atoms with Crippen LogP contribution in [0.1, 0.15) is 23.0 Å². The molecule has 0 saturated carbocycles. The van der Waals surface area contributed by atoms with Crippen molar-refractivity contribution in [1.82, 2.24) is 14.5 Å². The number of aryl methyl sites for hydroxylation is 2. The molecule has 0 saturated heterocycles. The Morgan fingerprint density at radius 1 is 1.07 bits per heavy atom. The number of amides is 1. The van der Waals surface area contributed by atoms with Crippen LogP contribution >= 0.6 is 0 Å². The normalized spacial score (nSPS) is 11.1. The number of pyridine rings is 1. The zero-order chi connectivity index (χ0) is 20.5. The number of ether oxygens (including phenoxy) is 1. The minimum atomic E-state index is -0.204. The molecule has 6 nitrogen and oxygen atoms in total. The van der Waals surface area contributed by atoms with Gasteiger partial charge in [0.1, 0.15) is 11.4 Å². The summed E-state index contributed by atoms with van der Waals surface area (Å²) in [5.41, 5.74) is 3.02. The first-order valence-corrected chi connectivity index (χ1v) is 9.57. The molecule has 0 radical (unpaired) electrons. The SMILES string of the molecule is CCn1c(C(=O)NCc2ccc(OC)cc2)cc2c(=O)n(C)c3ccccc3c21. The summed E-state index contributed by atoms with van der Waals surface area (Å²) in [6.07, 6.45) is 0. The molecule has 0 aliphatic carbocycles. The summed E-state index contributed by atoms with van der Waals surface area (Å²) in [7, 11) is 3.38. The second-order valence-electron chi connectivity index (χ2n) is 6.95. The van der Waals surface area contributed by atoms with Crippen LogP contribution in [0.25, 0.3) is 21.8 Å². The molecular weight excluding hydrogens is 366 g/mol. The van der Waals surface area contributed by atoms with Crippen LogP contribution in [0.2, 0.25) is 0 Å². The lowest BCUT2D eigenvalue weighted by Crippen LogP contribution is -2.25. The number of benzene rings is 2. The maximum atomic E-state index is 13.0. The van der Waals surface area contributed by atoms with Gasteiger partial charge in [-0.25, -0.2) is 0 Å². The Morgan fingerprint density at radius 2 is 1.79 bits per heavy atom. The van der Waals surface area contributed by atoms with Gasteiger partial charge in [-0.05, 0) is 36.8 Å². The van der Waals surface area contributed by atoms with Gasteiger partial charge in [0.25, 0.3) is 11.5 Å². The summed E-state index contributed by atoms with van der Waals surface area (Å²) in [5.74, 6) is 0.568. The molecule has 0 bridgehead atoms. The fourth-order valence-corrected chi connectivity index (χ4v) is 3.79. The molecule has 0 unspecified atom stereocenters. The van der Waals surface area contributed by atoms with Crippen molar-refractivity contribution < 1.29 is 9.53 Å². The Morgan fingerprint density at radius 3 is 2.48 bits per heavy atom. The van der Waals surface area contributed by atoms with Gasteiger partial charge in [-0.3, -0.25) is 9.59 Å². The molecule has 2 aromatic heterocycles. The Bertz CT molecular complexity index is 1270. The lowest BCUT2D eigenvalue weighted by atomic mass is 10.1. The van der Waals surface area contributed by atoms with Gasteiger partial charge in [0, 0.05) is 25.5 Å². The molecule has 0 fully saturated rings. The van der Waals surface area contributed by atoms with E-state index in [1.807, 2.05) is 60.0 Å². The van der Waals surface area contributed by atoms with Gasteiger partial charge < -0.3 is 19.2 Å². The minimum Gasteiger partial charge on any atom is -0.497 e. The van der Waals surface area contributed by atoms with Gasteiger partial charge >= 0.3 is 0 Å². The van der Waals surface area contributed by atoms with Gasteiger partial charge in [-0.2, -0.15) is 0 Å². The zero-order valence-electron chi connectivity index (χ0n) is 16.7. The first kappa shape index (κ1) is 18.8. The highest BCUT2D eigenvalue weighted by Gasteiger charge is 2.19. The van der Waals surface area contributed by atoms with Crippen molar-refractivity contribution in [3.05, 3.63) is 76.2 Å². The molecular formula is C23H23N3O3. The fourth-order valence-electron chi connectivity index (χ4n) is 3.79. The maximum Gasteiger partial charge on any atom is 0.268 e. The van der Waals surface area contributed by atoms with Crippen LogP contribution in [0, 0.1) is 0 Å². The van der Waals surface area contributed by atoms with Crippen LogP contribution in [0.4, 0.5) is 0 Å². The van der Waals surface area contributed by atoms with E-state index in [2.05, 4.69) is 5.32 Å². The monoisotopic (exact) mass is 389 g/mol. The summed E-state index contributed by atoms with van der Waals surface area (Å²) in [5, 5.41) is 4.48. The molecule has 0 aliphatic rings. The quantitative estimate of drug-likeness (QED) is 0.569. The predicted molar refractivity (Wildman–Crippen MR) is 115 cm³/mol. The number of carbonyl (C=O) groups excluding carboxylic acids is 1. The van der Waals surface area contributed by atoms with Gasteiger partial charge in [0.15, 0.2) is 0 Å². The van der Waals surface area contributed by atoms with E-state index in [0.29, 0.717) is 24.2 Å². The second kappa shape index (κ2) is 7.47. The highest BCUT2D eigenvalue weighted by molar-refractivity contribution is 6.08. The number of para-hydroxylation sites is 1. The number of hydrogen-bond donors (Lipinski definition) is 1. The summed E-state index contributed by atoms with van der Waals surface area (Å²) in [6.45, 7) is 2.96. The standard InChI is InChI=1S/C23H23N3O3/c1-4-26-20(22(27)24-14-15-9-11-16(29-3)12-10-15)13-18-21(26)17-7-5-6-8-19(17)25(2)23(18)28/h5-13H,4,14H2,1-3H3,(H,24,27). The summed E-state index contributed by atoms with van der Waals surface area (Å²) in [4.78, 5) is 25.8. The van der Waals surface area contributed by atoms with Crippen LogP contribution in [0.3, 0.4) is 0 Å². The van der Waals surface area contributed by atoms with Gasteiger partial charge in [0.05, 0.1) is 23.5 Å². The fraction of sp³-hybridized carbons (Fsp3) is 0.217. The number of nitrogens with one attached hydrogen (secondary N) is 1. The van der Waals surface area contributed by atoms with Crippen LogP contribution in [-0.2, 0) is 20.1 Å². The van der Waals surface area contributed by atoms with Gasteiger partial charge in [0.2, 0.25) is 0 Å². The Balaban J connectivity index is 1.75. The lowest BCUT2D eigenvalue weighted by Gasteiger charge is -2.11. The van der Waals surface area contributed by atoms with Crippen LogP contribution in [0.5, 0.6) is 5.75 Å². The van der Waals surface area contributed by atoms with Crippen molar-refractivity contribution in [2.45, 2.75) is 20.0 Å². The molecule has 148 valence electrons. The molecule has 0 spiro atoms. The Hall–Kier alpha value is -3.54. The minimum absolute atomic E-state index is 0.102. The zero-order valence-corrected chi connectivity index (χ0v) is 16.7. The van der Waals surface area contributed by atoms with Crippen molar-refractivity contribution in [2.24, 2.45) is 7.05 Å². The van der Waals surface area contributed by atoms with E-state index in [0.717, 1.165) is 27.7 Å². The lowest BCUT2D eigenvalue weighted by molar-refractivity contribution is 0.0942. The van der Waals surface area contributed by atoms with Crippen molar-refractivity contribution in [2.75, 3.05) is 7.11 Å². The summed E-state index contributed by atoms with van der Waals surface area (Å²) in [6, 6.07) is 17.0. The van der Waals surface area contributed by atoms with E-state index in [-0.39, 0.29) is 11.5 Å². The van der Waals surface area contributed by atoms with E-state index in [9.17, 15) is 9.59 Å². The molecule has 4 aromatic rings. The van der Waals surface area contributed by atoms with E-state index in [1.165, 1.54) is 0 Å². The highest BCUT2D eigenvalue weighted by Crippen LogP contribution is 2.26. The average Bonchev–Trinajstić information content (AvgIpc) is 3.16.